The average molecular weight is 197 g/mol. The van der Waals surface area contributed by atoms with Crippen LogP contribution in [0, 0.1) is 6.92 Å². The topological polar surface area (TPSA) is 51.5 Å². The number of furan rings is 1. The maximum atomic E-state index is 11.2. The van der Waals surface area contributed by atoms with Crippen molar-refractivity contribution in [2.45, 2.75) is 19.9 Å². The number of carbonyl (C=O) groups excluding carboxylic acids is 1. The van der Waals surface area contributed by atoms with Crippen molar-refractivity contribution in [2.24, 2.45) is 0 Å². The summed E-state index contributed by atoms with van der Waals surface area (Å²) in [6, 6.07) is 3.60. The minimum atomic E-state index is -0.144. The highest BCUT2D eigenvalue weighted by atomic mass is 16.5. The predicted molar refractivity (Wildman–Crippen MR) is 51.9 cm³/mol. The van der Waals surface area contributed by atoms with Gasteiger partial charge < -0.3 is 14.5 Å². The molecule has 1 rings (SSSR count). The third-order valence-corrected chi connectivity index (χ3v) is 1.84. The van der Waals surface area contributed by atoms with E-state index in [2.05, 4.69) is 5.32 Å². The van der Waals surface area contributed by atoms with Gasteiger partial charge in [0.1, 0.15) is 18.1 Å². The van der Waals surface area contributed by atoms with E-state index in [-0.39, 0.29) is 18.6 Å². The van der Waals surface area contributed by atoms with Crippen molar-refractivity contribution in [1.29, 1.82) is 0 Å². The fraction of sp³-hybridized carbons (Fsp3) is 0.500. The number of rotatable bonds is 4. The Morgan fingerprint density at radius 3 is 2.86 bits per heavy atom. The summed E-state index contributed by atoms with van der Waals surface area (Å²) in [6.45, 7) is 3.81. The van der Waals surface area contributed by atoms with Gasteiger partial charge in [0, 0.05) is 7.11 Å². The Balaban J connectivity index is 2.50. The molecule has 1 aromatic rings. The molecule has 0 aliphatic heterocycles. The highest BCUT2D eigenvalue weighted by Gasteiger charge is 2.11. The van der Waals surface area contributed by atoms with Gasteiger partial charge in [-0.2, -0.15) is 0 Å². The summed E-state index contributed by atoms with van der Waals surface area (Å²) in [4.78, 5) is 11.2. The molecule has 0 saturated carbocycles. The molecule has 1 atom stereocenters. The molecule has 0 unspecified atom stereocenters. The second kappa shape index (κ2) is 4.81. The first-order valence-electron chi connectivity index (χ1n) is 4.48. The van der Waals surface area contributed by atoms with Crippen LogP contribution in [0.5, 0.6) is 0 Å². The molecule has 0 fully saturated rings. The van der Waals surface area contributed by atoms with E-state index >= 15 is 0 Å². The van der Waals surface area contributed by atoms with Gasteiger partial charge in [0.05, 0.1) is 6.04 Å². The zero-order chi connectivity index (χ0) is 10.6. The van der Waals surface area contributed by atoms with Gasteiger partial charge in [-0.1, -0.05) is 0 Å². The lowest BCUT2D eigenvalue weighted by Gasteiger charge is -2.10. The van der Waals surface area contributed by atoms with Gasteiger partial charge >= 0.3 is 0 Å². The molecule has 1 amide bonds. The van der Waals surface area contributed by atoms with Gasteiger partial charge in [-0.15, -0.1) is 0 Å². The van der Waals surface area contributed by atoms with Gasteiger partial charge in [0.2, 0.25) is 5.91 Å². The van der Waals surface area contributed by atoms with Crippen molar-refractivity contribution in [3.8, 4) is 0 Å². The van der Waals surface area contributed by atoms with Gasteiger partial charge in [-0.25, -0.2) is 0 Å². The second-order valence-electron chi connectivity index (χ2n) is 3.17. The first-order valence-corrected chi connectivity index (χ1v) is 4.48. The Kier molecular flexibility index (Phi) is 3.71. The van der Waals surface area contributed by atoms with Gasteiger partial charge in [0.15, 0.2) is 0 Å². The molecule has 14 heavy (non-hydrogen) atoms. The maximum Gasteiger partial charge on any atom is 0.246 e. The molecule has 0 radical (unpaired) electrons. The summed E-state index contributed by atoms with van der Waals surface area (Å²) < 4.78 is 10.1. The van der Waals surface area contributed by atoms with E-state index in [1.165, 1.54) is 7.11 Å². The van der Waals surface area contributed by atoms with E-state index in [0.29, 0.717) is 0 Å². The van der Waals surface area contributed by atoms with Crippen molar-refractivity contribution >= 4 is 5.91 Å². The highest BCUT2D eigenvalue weighted by molar-refractivity contribution is 5.77. The number of carbonyl (C=O) groups is 1. The van der Waals surface area contributed by atoms with Crippen LogP contribution in [-0.2, 0) is 9.53 Å². The lowest BCUT2D eigenvalue weighted by Crippen LogP contribution is -2.29. The Hall–Kier alpha value is -1.29. The van der Waals surface area contributed by atoms with Crippen LogP contribution in [0.2, 0.25) is 0 Å². The van der Waals surface area contributed by atoms with Crippen molar-refractivity contribution < 1.29 is 13.9 Å². The monoisotopic (exact) mass is 197 g/mol. The normalized spacial score (nSPS) is 12.5. The van der Waals surface area contributed by atoms with Crippen LogP contribution in [0.3, 0.4) is 0 Å². The number of hydrogen-bond donors (Lipinski definition) is 1. The lowest BCUT2D eigenvalue weighted by molar-refractivity contribution is -0.125. The third kappa shape index (κ3) is 2.88. The van der Waals surface area contributed by atoms with Gasteiger partial charge in [-0.05, 0) is 26.0 Å². The number of methoxy groups -OCH3 is 1. The lowest BCUT2D eigenvalue weighted by atomic mass is 10.2. The second-order valence-corrected chi connectivity index (χ2v) is 3.17. The van der Waals surface area contributed by atoms with Crippen LogP contribution in [0.1, 0.15) is 24.5 Å². The SMILES string of the molecule is COCC(=O)N[C@H](C)c1ccc(C)o1. The molecule has 1 heterocycles. The Bertz CT molecular complexity index is 306. The van der Waals surface area contributed by atoms with E-state index in [4.69, 9.17) is 9.15 Å². The highest BCUT2D eigenvalue weighted by Crippen LogP contribution is 2.14. The van der Waals surface area contributed by atoms with Crippen LogP contribution >= 0.6 is 0 Å². The van der Waals surface area contributed by atoms with Gasteiger partial charge in [0.25, 0.3) is 0 Å². The first-order chi connectivity index (χ1) is 6.63. The molecule has 0 aliphatic rings. The maximum absolute atomic E-state index is 11.2. The molecular weight excluding hydrogens is 182 g/mol. The molecule has 0 aromatic carbocycles. The van der Waals surface area contributed by atoms with Crippen molar-refractivity contribution in [3.63, 3.8) is 0 Å². The molecule has 1 aromatic heterocycles. The zero-order valence-electron chi connectivity index (χ0n) is 8.66. The van der Waals surface area contributed by atoms with E-state index in [1.807, 2.05) is 26.0 Å². The van der Waals surface area contributed by atoms with Crippen LogP contribution in [0.25, 0.3) is 0 Å². The molecular formula is C10H15NO3. The van der Waals surface area contributed by atoms with Crippen LogP contribution in [0.4, 0.5) is 0 Å². The van der Waals surface area contributed by atoms with Crippen LogP contribution in [-0.4, -0.2) is 19.6 Å². The summed E-state index contributed by atoms with van der Waals surface area (Å²) in [6.07, 6.45) is 0. The van der Waals surface area contributed by atoms with Crippen LogP contribution < -0.4 is 5.32 Å². The molecule has 0 spiro atoms. The van der Waals surface area contributed by atoms with E-state index < -0.39 is 0 Å². The summed E-state index contributed by atoms with van der Waals surface area (Å²) in [5.74, 6) is 1.45. The molecule has 0 bridgehead atoms. The summed E-state index contributed by atoms with van der Waals surface area (Å²) in [5, 5.41) is 2.75. The molecule has 1 N–H and O–H groups in total. The van der Waals surface area contributed by atoms with Crippen molar-refractivity contribution in [2.75, 3.05) is 13.7 Å². The quantitative estimate of drug-likeness (QED) is 0.794. The minimum Gasteiger partial charge on any atom is -0.464 e. The fourth-order valence-electron chi connectivity index (χ4n) is 1.17. The van der Waals surface area contributed by atoms with Crippen molar-refractivity contribution in [1.82, 2.24) is 5.32 Å². The standard InChI is InChI=1S/C10H15NO3/c1-7-4-5-9(14-7)8(2)11-10(12)6-13-3/h4-5,8H,6H2,1-3H3,(H,11,12)/t8-/m1/s1. The third-order valence-electron chi connectivity index (χ3n) is 1.84. The molecule has 4 heteroatoms. The summed E-state index contributed by atoms with van der Waals surface area (Å²) in [7, 11) is 1.49. The number of aryl methyl sites for hydroxylation is 1. The Labute approximate surface area is 83.2 Å². The van der Waals surface area contributed by atoms with Crippen molar-refractivity contribution in [3.05, 3.63) is 23.7 Å². The van der Waals surface area contributed by atoms with E-state index in [1.54, 1.807) is 0 Å². The number of amides is 1. The number of ether oxygens (including phenoxy) is 1. The predicted octanol–water partition coefficient (Wildman–Crippen LogP) is 1.41. The smallest absolute Gasteiger partial charge is 0.246 e. The molecule has 0 saturated heterocycles. The summed E-state index contributed by atoms with van der Waals surface area (Å²) >= 11 is 0. The van der Waals surface area contributed by atoms with Crippen LogP contribution in [0.15, 0.2) is 16.5 Å². The zero-order valence-corrected chi connectivity index (χ0v) is 8.66. The summed E-state index contributed by atoms with van der Waals surface area (Å²) in [5.41, 5.74) is 0. The van der Waals surface area contributed by atoms with E-state index in [9.17, 15) is 4.79 Å². The first kappa shape index (κ1) is 10.8. The Morgan fingerprint density at radius 2 is 2.36 bits per heavy atom. The van der Waals surface area contributed by atoms with E-state index in [0.717, 1.165) is 11.5 Å². The molecule has 4 nitrogen and oxygen atoms in total. The fourth-order valence-corrected chi connectivity index (χ4v) is 1.17. The minimum absolute atomic E-state index is 0.0734. The molecule has 0 aliphatic carbocycles. The molecule has 78 valence electrons. The average Bonchev–Trinajstić information content (AvgIpc) is 2.52. The van der Waals surface area contributed by atoms with Gasteiger partial charge in [-0.3, -0.25) is 4.79 Å². The number of nitrogens with one attached hydrogen (secondary N) is 1. The Morgan fingerprint density at radius 1 is 1.64 bits per heavy atom. The number of hydrogen-bond acceptors (Lipinski definition) is 3. The largest absolute Gasteiger partial charge is 0.464 e.